The normalized spacial score (nSPS) is 13.0. The van der Waals surface area contributed by atoms with Gasteiger partial charge in [0, 0.05) is 11.6 Å². The second kappa shape index (κ2) is 6.92. The molecule has 0 aliphatic heterocycles. The summed E-state index contributed by atoms with van der Waals surface area (Å²) in [5.41, 5.74) is 9.89. The van der Waals surface area contributed by atoms with Crippen LogP contribution in [0.3, 0.4) is 0 Å². The average Bonchev–Trinajstić information content (AvgIpc) is 2.24. The monoisotopic (exact) mass is 286 g/mol. The first-order valence-corrected chi connectivity index (χ1v) is 5.18. The van der Waals surface area contributed by atoms with E-state index in [2.05, 4.69) is 0 Å². The van der Waals surface area contributed by atoms with E-state index in [4.69, 9.17) is 11.5 Å². The van der Waals surface area contributed by atoms with E-state index in [0.717, 1.165) is 12.1 Å². The first-order valence-electron chi connectivity index (χ1n) is 5.18. The van der Waals surface area contributed by atoms with Gasteiger partial charge in [0.15, 0.2) is 0 Å². The summed E-state index contributed by atoms with van der Waals surface area (Å²) < 4.78 is 50.7. The van der Waals surface area contributed by atoms with Crippen molar-refractivity contribution < 1.29 is 17.6 Å². The molecule has 0 spiro atoms. The van der Waals surface area contributed by atoms with Gasteiger partial charge in [-0.05, 0) is 37.6 Å². The second-order valence-electron chi connectivity index (χ2n) is 3.77. The molecule has 7 heteroatoms. The lowest BCUT2D eigenvalue weighted by Gasteiger charge is -2.15. The highest BCUT2D eigenvalue weighted by molar-refractivity contribution is 5.85. The lowest BCUT2D eigenvalue weighted by molar-refractivity contribution is -0.137. The average molecular weight is 287 g/mol. The van der Waals surface area contributed by atoms with Crippen molar-refractivity contribution in [2.24, 2.45) is 11.5 Å². The Kier molecular flexibility index (Phi) is 6.59. The number of rotatable bonds is 4. The number of hydrogen-bond acceptors (Lipinski definition) is 2. The van der Waals surface area contributed by atoms with Crippen LogP contribution >= 0.6 is 12.4 Å². The third-order valence-corrected chi connectivity index (χ3v) is 2.44. The standard InChI is InChI=1S/C11H14F4N2.ClH/c12-9-4-3-7(11(13,14)15)6-8(9)10(17)2-1-5-16;/h3-4,6,10H,1-2,5,16-17H2;1H/t10-;/m1./s1. The fraction of sp³-hybridized carbons (Fsp3) is 0.455. The van der Waals surface area contributed by atoms with Gasteiger partial charge in [0.2, 0.25) is 0 Å². The van der Waals surface area contributed by atoms with Gasteiger partial charge in [-0.3, -0.25) is 0 Å². The zero-order chi connectivity index (χ0) is 13.1. The molecule has 1 rings (SSSR count). The van der Waals surface area contributed by atoms with Crippen LogP contribution in [-0.2, 0) is 6.18 Å². The zero-order valence-corrected chi connectivity index (χ0v) is 10.3. The van der Waals surface area contributed by atoms with Gasteiger partial charge < -0.3 is 11.5 Å². The number of halogens is 5. The van der Waals surface area contributed by atoms with E-state index in [-0.39, 0.29) is 18.0 Å². The predicted molar refractivity (Wildman–Crippen MR) is 63.9 cm³/mol. The third-order valence-electron chi connectivity index (χ3n) is 2.44. The Morgan fingerprint density at radius 3 is 2.33 bits per heavy atom. The highest BCUT2D eigenvalue weighted by Crippen LogP contribution is 2.32. The molecule has 0 aliphatic rings. The molecule has 0 aliphatic carbocycles. The molecule has 0 saturated heterocycles. The largest absolute Gasteiger partial charge is 0.416 e. The highest BCUT2D eigenvalue weighted by atomic mass is 35.5. The molecule has 0 amide bonds. The van der Waals surface area contributed by atoms with Crippen molar-refractivity contribution in [1.29, 1.82) is 0 Å². The summed E-state index contributed by atoms with van der Waals surface area (Å²) in [4.78, 5) is 0. The van der Waals surface area contributed by atoms with Crippen molar-refractivity contribution in [3.05, 3.63) is 35.1 Å². The zero-order valence-electron chi connectivity index (χ0n) is 9.51. The van der Waals surface area contributed by atoms with Gasteiger partial charge in [-0.25, -0.2) is 4.39 Å². The van der Waals surface area contributed by atoms with Gasteiger partial charge in [-0.1, -0.05) is 0 Å². The molecule has 0 aromatic heterocycles. The molecule has 0 unspecified atom stereocenters. The number of benzene rings is 1. The number of alkyl halides is 3. The smallest absolute Gasteiger partial charge is 0.330 e. The quantitative estimate of drug-likeness (QED) is 0.836. The summed E-state index contributed by atoms with van der Waals surface area (Å²) in [7, 11) is 0. The van der Waals surface area contributed by atoms with E-state index >= 15 is 0 Å². The summed E-state index contributed by atoms with van der Waals surface area (Å²) in [6.45, 7) is 0.369. The van der Waals surface area contributed by atoms with Gasteiger partial charge in [-0.2, -0.15) is 13.2 Å². The van der Waals surface area contributed by atoms with Gasteiger partial charge in [0.1, 0.15) is 5.82 Å². The maximum absolute atomic E-state index is 13.4. The Hall–Kier alpha value is -0.850. The van der Waals surface area contributed by atoms with Crippen LogP contribution in [0.4, 0.5) is 17.6 Å². The molecule has 1 aromatic carbocycles. The Balaban J connectivity index is 0.00000289. The van der Waals surface area contributed by atoms with Crippen LogP contribution < -0.4 is 11.5 Å². The molecular formula is C11H15ClF4N2. The minimum absolute atomic E-state index is 0. The first-order chi connectivity index (χ1) is 7.86. The third kappa shape index (κ3) is 4.44. The van der Waals surface area contributed by atoms with Crippen LogP contribution in [0, 0.1) is 5.82 Å². The predicted octanol–water partition coefficient (Wildman–Crippen LogP) is 3.01. The van der Waals surface area contributed by atoms with E-state index in [1.807, 2.05) is 0 Å². The van der Waals surface area contributed by atoms with Crippen LogP contribution in [0.5, 0.6) is 0 Å². The van der Waals surface area contributed by atoms with Crippen LogP contribution in [0.1, 0.15) is 30.0 Å². The van der Waals surface area contributed by atoms with Crippen molar-refractivity contribution in [2.45, 2.75) is 25.1 Å². The number of hydrogen-bond donors (Lipinski definition) is 2. The molecular weight excluding hydrogens is 272 g/mol. The van der Waals surface area contributed by atoms with Gasteiger partial charge in [0.05, 0.1) is 5.56 Å². The van der Waals surface area contributed by atoms with Crippen molar-refractivity contribution >= 4 is 12.4 Å². The minimum atomic E-state index is -4.49. The van der Waals surface area contributed by atoms with Crippen molar-refractivity contribution in [3.63, 3.8) is 0 Å². The van der Waals surface area contributed by atoms with E-state index in [1.165, 1.54) is 0 Å². The Labute approximate surface area is 109 Å². The lowest BCUT2D eigenvalue weighted by atomic mass is 10.00. The molecule has 0 radical (unpaired) electrons. The molecule has 18 heavy (non-hydrogen) atoms. The molecule has 0 heterocycles. The fourth-order valence-corrected chi connectivity index (χ4v) is 1.50. The first kappa shape index (κ1) is 17.2. The topological polar surface area (TPSA) is 52.0 Å². The molecule has 2 nitrogen and oxygen atoms in total. The summed E-state index contributed by atoms with van der Waals surface area (Å²) in [6.07, 6.45) is -3.60. The molecule has 104 valence electrons. The second-order valence-corrected chi connectivity index (χ2v) is 3.77. The summed E-state index contributed by atoms with van der Waals surface area (Å²) in [5, 5.41) is 0. The summed E-state index contributed by atoms with van der Waals surface area (Å²) in [6, 6.07) is 1.49. The number of nitrogens with two attached hydrogens (primary N) is 2. The highest BCUT2D eigenvalue weighted by Gasteiger charge is 2.31. The fourth-order valence-electron chi connectivity index (χ4n) is 1.50. The molecule has 1 atom stereocenters. The van der Waals surface area contributed by atoms with E-state index in [0.29, 0.717) is 25.5 Å². The van der Waals surface area contributed by atoms with Crippen LogP contribution in [0.2, 0.25) is 0 Å². The molecule has 0 fully saturated rings. The van der Waals surface area contributed by atoms with E-state index in [9.17, 15) is 17.6 Å². The van der Waals surface area contributed by atoms with Crippen molar-refractivity contribution in [3.8, 4) is 0 Å². The van der Waals surface area contributed by atoms with Crippen molar-refractivity contribution in [2.75, 3.05) is 6.54 Å². The van der Waals surface area contributed by atoms with Crippen LogP contribution in [0.15, 0.2) is 18.2 Å². The lowest BCUT2D eigenvalue weighted by Crippen LogP contribution is -2.16. The van der Waals surface area contributed by atoms with E-state index < -0.39 is 23.6 Å². The molecule has 0 saturated carbocycles. The Bertz CT molecular complexity index is 382. The summed E-state index contributed by atoms with van der Waals surface area (Å²) in [5.74, 6) is -0.720. The Morgan fingerprint density at radius 2 is 1.83 bits per heavy atom. The van der Waals surface area contributed by atoms with Crippen LogP contribution in [0.25, 0.3) is 0 Å². The molecule has 0 bridgehead atoms. The van der Waals surface area contributed by atoms with Gasteiger partial charge in [-0.15, -0.1) is 12.4 Å². The van der Waals surface area contributed by atoms with Crippen molar-refractivity contribution in [1.82, 2.24) is 0 Å². The summed E-state index contributed by atoms with van der Waals surface area (Å²) >= 11 is 0. The van der Waals surface area contributed by atoms with Gasteiger partial charge in [0.25, 0.3) is 0 Å². The molecule has 4 N–H and O–H groups in total. The maximum atomic E-state index is 13.4. The maximum Gasteiger partial charge on any atom is 0.416 e. The van der Waals surface area contributed by atoms with Crippen LogP contribution in [-0.4, -0.2) is 6.54 Å². The Morgan fingerprint density at radius 1 is 1.22 bits per heavy atom. The van der Waals surface area contributed by atoms with Gasteiger partial charge >= 0.3 is 6.18 Å². The SMILES string of the molecule is Cl.NCCC[C@@H](N)c1cc(C(F)(F)F)ccc1F. The van der Waals surface area contributed by atoms with E-state index in [1.54, 1.807) is 0 Å². The minimum Gasteiger partial charge on any atom is -0.330 e. The molecule has 1 aromatic rings.